The van der Waals surface area contributed by atoms with Gasteiger partial charge < -0.3 is 18.1 Å². The molecule has 0 amide bonds. The molecular weight excluding hydrogens is 763 g/mol. The topological polar surface area (TPSA) is 74.7 Å². The summed E-state index contributed by atoms with van der Waals surface area (Å²) in [5.41, 5.74) is 2.74. The van der Waals surface area contributed by atoms with Gasteiger partial charge in [0.15, 0.2) is 25.0 Å². The Hall–Kier alpha value is -1.02. The van der Waals surface area contributed by atoms with Gasteiger partial charge in [-0.2, -0.15) is 0 Å². The van der Waals surface area contributed by atoms with Crippen molar-refractivity contribution < 1.29 is 22.9 Å². The van der Waals surface area contributed by atoms with E-state index >= 15 is 0 Å². The van der Waals surface area contributed by atoms with E-state index in [0.29, 0.717) is 6.42 Å². The van der Waals surface area contributed by atoms with E-state index in [9.17, 15) is 9.59 Å². The van der Waals surface area contributed by atoms with Gasteiger partial charge in [-0.3, -0.25) is 4.79 Å². The highest BCUT2D eigenvalue weighted by Gasteiger charge is 2.50. The minimum absolute atomic E-state index is 0.000564. The molecule has 6 nitrogen and oxygen atoms in total. The number of carbonyl (C=O) groups excluding carboxylic acids is 2. The molecule has 0 aromatic carbocycles. The number of hydrogen-bond acceptors (Lipinski definition) is 7. The van der Waals surface area contributed by atoms with E-state index < -0.39 is 36.5 Å². The van der Waals surface area contributed by atoms with Crippen LogP contribution in [0.25, 0.3) is 6.08 Å². The molecule has 0 N–H and O–H groups in total. The molecule has 1 aromatic heterocycles. The number of aromatic nitrogens is 1. The largest absolute Gasteiger partial charge is 0.413 e. The number of ketones is 1. The van der Waals surface area contributed by atoms with Crippen molar-refractivity contribution in [3.05, 3.63) is 33.3 Å². The first-order valence-corrected chi connectivity index (χ1v) is 31.0. The van der Waals surface area contributed by atoms with E-state index in [2.05, 4.69) is 147 Å². The van der Waals surface area contributed by atoms with Gasteiger partial charge in [-0.05, 0) is 125 Å². The molecule has 10 heteroatoms. The maximum absolute atomic E-state index is 14.9. The van der Waals surface area contributed by atoms with Gasteiger partial charge in [0.05, 0.1) is 29.0 Å². The molecule has 0 saturated carbocycles. The van der Waals surface area contributed by atoms with Crippen molar-refractivity contribution >= 4 is 54.4 Å². The summed E-state index contributed by atoms with van der Waals surface area (Å²) in [7, 11) is -6.52. The minimum Gasteiger partial charge on any atom is -0.413 e. The Labute approximate surface area is 353 Å². The Morgan fingerprint density at radius 1 is 0.821 bits per heavy atom. The van der Waals surface area contributed by atoms with E-state index in [-0.39, 0.29) is 51.4 Å². The zero-order chi connectivity index (χ0) is 43.9. The highest BCUT2D eigenvalue weighted by Crippen LogP contribution is 2.45. The monoisotopic (exact) mass is 850 g/mol. The lowest BCUT2D eigenvalue weighted by Gasteiger charge is -2.47. The first kappa shape index (κ1) is 53.0. The van der Waals surface area contributed by atoms with Gasteiger partial charge in [-0.25, -0.2) is 4.98 Å². The van der Waals surface area contributed by atoms with Crippen LogP contribution >= 0.6 is 11.3 Å². The molecule has 0 spiro atoms. The highest BCUT2D eigenvalue weighted by atomic mass is 32.1. The molecular formula is C46H87NO5SSi3. The fourth-order valence-electron chi connectivity index (χ4n) is 6.33. The number of thiazole rings is 1. The maximum Gasteiger partial charge on any atom is 0.192 e. The second-order valence-electron chi connectivity index (χ2n) is 21.9. The molecule has 0 fully saturated rings. The predicted octanol–water partition coefficient (Wildman–Crippen LogP) is 14.4. The van der Waals surface area contributed by atoms with Crippen molar-refractivity contribution in [2.75, 3.05) is 0 Å². The quantitative estimate of drug-likeness (QED) is 0.0657. The molecule has 0 bridgehead atoms. The van der Waals surface area contributed by atoms with Crippen LogP contribution in [-0.2, 0) is 22.9 Å². The van der Waals surface area contributed by atoms with Crippen LogP contribution in [-0.4, -0.2) is 60.3 Å². The van der Waals surface area contributed by atoms with Gasteiger partial charge in [0.1, 0.15) is 12.1 Å². The third kappa shape index (κ3) is 14.9. The van der Waals surface area contributed by atoms with Gasteiger partial charge in [-0.1, -0.05) is 102 Å². The van der Waals surface area contributed by atoms with Gasteiger partial charge >= 0.3 is 0 Å². The Bertz CT molecular complexity index is 1470. The summed E-state index contributed by atoms with van der Waals surface area (Å²) in [5.74, 6) is 0.0301. The Kier molecular flexibility index (Phi) is 19.4. The SMILES string of the molecule is CC[C@@H](C(=O)C(C)(C)[C@H](CC=O)O[Si](C)(C)C(C)(C)C)[C@@H](O[Si](C)(C)C(C)(C)C)[C@@H](C)CCC/C(C)=C/C[C@H](O[Si](C)(C)C(C)(C)C)/C(C)=C/c1csc(C)n1. The smallest absolute Gasteiger partial charge is 0.192 e. The normalized spacial score (nSPS) is 17.4. The summed E-state index contributed by atoms with van der Waals surface area (Å²) in [5, 5.41) is 3.27. The lowest BCUT2D eigenvalue weighted by atomic mass is 9.71. The van der Waals surface area contributed by atoms with Crippen LogP contribution in [0.2, 0.25) is 54.4 Å². The van der Waals surface area contributed by atoms with Crippen molar-refractivity contribution in [1.29, 1.82) is 0 Å². The zero-order valence-electron chi connectivity index (χ0n) is 40.3. The number of hydrogen-bond donors (Lipinski definition) is 0. The van der Waals surface area contributed by atoms with E-state index in [1.54, 1.807) is 11.3 Å². The second-order valence-corrected chi connectivity index (χ2v) is 37.2. The molecule has 0 aliphatic carbocycles. The number of carbonyl (C=O) groups is 2. The molecule has 0 aliphatic heterocycles. The number of Topliss-reactive ketones (excluding diaryl/α,β-unsaturated/α-hetero) is 1. The number of rotatable bonds is 22. The molecule has 0 unspecified atom stereocenters. The summed E-state index contributed by atoms with van der Waals surface area (Å²) in [6, 6.07) is 0. The third-order valence-electron chi connectivity index (χ3n) is 13.6. The first-order chi connectivity index (χ1) is 25.1. The summed E-state index contributed by atoms with van der Waals surface area (Å²) in [6.45, 7) is 48.9. The zero-order valence-corrected chi connectivity index (χ0v) is 44.2. The maximum atomic E-state index is 14.9. The summed E-state index contributed by atoms with van der Waals surface area (Å²) >= 11 is 1.68. The van der Waals surface area contributed by atoms with Crippen LogP contribution in [0.3, 0.4) is 0 Å². The van der Waals surface area contributed by atoms with Crippen LogP contribution in [0.5, 0.6) is 0 Å². The van der Waals surface area contributed by atoms with Crippen molar-refractivity contribution in [2.45, 2.75) is 222 Å². The number of allylic oxidation sites excluding steroid dienone is 1. The minimum atomic E-state index is -2.26. The molecule has 1 rings (SSSR count). The Morgan fingerprint density at radius 2 is 1.32 bits per heavy atom. The van der Waals surface area contributed by atoms with Gasteiger partial charge in [0, 0.05) is 23.1 Å². The summed E-state index contributed by atoms with van der Waals surface area (Å²) in [4.78, 5) is 31.7. The van der Waals surface area contributed by atoms with E-state index in [1.165, 1.54) is 11.1 Å². The molecule has 1 aromatic rings. The molecule has 56 heavy (non-hydrogen) atoms. The number of aryl methyl sites for hydroxylation is 1. The fourth-order valence-corrected chi connectivity index (χ4v) is 11.1. The fraction of sp³-hybridized carbons (Fsp3) is 0.804. The Morgan fingerprint density at radius 3 is 1.77 bits per heavy atom. The first-order valence-electron chi connectivity index (χ1n) is 21.4. The second kappa shape index (κ2) is 20.5. The number of nitrogens with zero attached hydrogens (tertiary/aromatic N) is 1. The van der Waals surface area contributed by atoms with Crippen molar-refractivity contribution in [2.24, 2.45) is 17.3 Å². The Balaban J connectivity index is 3.40. The highest BCUT2D eigenvalue weighted by molar-refractivity contribution is 7.09. The summed E-state index contributed by atoms with van der Waals surface area (Å²) in [6.07, 6.45) is 9.48. The van der Waals surface area contributed by atoms with Gasteiger partial charge in [0.2, 0.25) is 0 Å². The predicted molar refractivity (Wildman–Crippen MR) is 251 cm³/mol. The molecule has 0 radical (unpaired) electrons. The average Bonchev–Trinajstić information content (AvgIpc) is 3.44. The molecule has 0 saturated heterocycles. The molecule has 324 valence electrons. The van der Waals surface area contributed by atoms with Gasteiger partial charge in [-0.15, -0.1) is 11.3 Å². The average molecular weight is 851 g/mol. The standard InChI is InChI=1S/C46H87NO5SSi3/c1-23-38(42(49)46(15,16)40(29-30-48)51-55(19,20)44(9,10)11)41(52-56(21,22)45(12,13)14)34(3)26-24-25-33(2)27-28-39(50-54(17,18)43(6,7)8)35(4)31-37-32-53-36(5)47-37/h27,30-32,34,38-41H,23-26,28-29H2,1-22H3/b33-27+,35-31+/t34-,38+,39-,40-,41-/m0/s1. The van der Waals surface area contributed by atoms with Crippen molar-refractivity contribution in [3.8, 4) is 0 Å². The van der Waals surface area contributed by atoms with Crippen LogP contribution in [0, 0.1) is 24.2 Å². The van der Waals surface area contributed by atoms with E-state index in [4.69, 9.17) is 18.3 Å². The van der Waals surface area contributed by atoms with Crippen LogP contribution in [0.4, 0.5) is 0 Å². The summed E-state index contributed by atoms with van der Waals surface area (Å²) < 4.78 is 21.2. The number of aldehydes is 1. The van der Waals surface area contributed by atoms with Crippen LogP contribution in [0.1, 0.15) is 153 Å². The van der Waals surface area contributed by atoms with Crippen molar-refractivity contribution in [1.82, 2.24) is 4.98 Å². The molecule has 1 heterocycles. The molecule has 5 atom stereocenters. The van der Waals surface area contributed by atoms with Crippen molar-refractivity contribution in [3.63, 3.8) is 0 Å². The lowest BCUT2D eigenvalue weighted by Crippen LogP contribution is -2.54. The van der Waals surface area contributed by atoms with Gasteiger partial charge in [0.25, 0.3) is 0 Å². The van der Waals surface area contributed by atoms with E-state index in [1.807, 2.05) is 20.8 Å². The third-order valence-corrected chi connectivity index (χ3v) is 27.9. The van der Waals surface area contributed by atoms with Crippen LogP contribution < -0.4 is 0 Å². The lowest BCUT2D eigenvalue weighted by molar-refractivity contribution is -0.142. The van der Waals surface area contributed by atoms with E-state index in [0.717, 1.165) is 42.7 Å². The van der Waals surface area contributed by atoms with Crippen LogP contribution in [0.15, 0.2) is 22.6 Å². The molecule has 0 aliphatic rings.